The molecule has 0 fully saturated rings. The molecule has 2 aromatic carbocycles. The monoisotopic (exact) mass is 275 g/mol. The van der Waals surface area contributed by atoms with Gasteiger partial charge >= 0.3 is 0 Å². The Morgan fingerprint density at radius 2 is 1.70 bits per heavy atom. The molecule has 0 radical (unpaired) electrons. The zero-order valence-electron chi connectivity index (χ0n) is 10.1. The summed E-state index contributed by atoms with van der Waals surface area (Å²) < 4.78 is 40.9. The first-order valence-electron chi connectivity index (χ1n) is 5.82. The first-order chi connectivity index (χ1) is 9.61. The lowest BCUT2D eigenvalue weighted by Gasteiger charge is -2.03. The molecule has 0 aliphatic rings. The molecule has 20 heavy (non-hydrogen) atoms. The molecular weight excluding hydrogens is 267 g/mol. The fourth-order valence-electron chi connectivity index (χ4n) is 2.24. The quantitative estimate of drug-likeness (QED) is 0.703. The Morgan fingerprint density at radius 1 is 1.00 bits per heavy atom. The summed E-state index contributed by atoms with van der Waals surface area (Å²) in [5.74, 6) is -2.11. The van der Waals surface area contributed by atoms with Crippen LogP contribution in [0, 0.1) is 17.5 Å². The molecule has 0 aliphatic carbocycles. The highest BCUT2D eigenvalue weighted by Gasteiger charge is 2.19. The van der Waals surface area contributed by atoms with Crippen molar-refractivity contribution in [2.24, 2.45) is 0 Å². The van der Waals surface area contributed by atoms with Gasteiger partial charge in [0.1, 0.15) is 17.5 Å². The number of carbonyl (C=O) groups is 1. The molecule has 0 amide bonds. The highest BCUT2D eigenvalue weighted by molar-refractivity contribution is 6.04. The molecule has 1 aromatic heterocycles. The van der Waals surface area contributed by atoms with Crippen LogP contribution in [0.3, 0.4) is 0 Å². The van der Waals surface area contributed by atoms with Crippen molar-refractivity contribution in [2.75, 3.05) is 0 Å². The minimum absolute atomic E-state index is 0.0104. The third-order valence-electron chi connectivity index (χ3n) is 3.13. The number of halogens is 3. The van der Waals surface area contributed by atoms with Crippen LogP contribution in [-0.2, 0) is 0 Å². The van der Waals surface area contributed by atoms with Crippen LogP contribution in [0.2, 0.25) is 0 Å². The summed E-state index contributed by atoms with van der Waals surface area (Å²) in [4.78, 5) is 14.0. The molecule has 1 heterocycles. The van der Waals surface area contributed by atoms with Gasteiger partial charge in [-0.3, -0.25) is 4.79 Å². The van der Waals surface area contributed by atoms with Gasteiger partial charge in [0.2, 0.25) is 0 Å². The Bertz CT molecular complexity index is 803. The normalized spacial score (nSPS) is 10.9. The summed E-state index contributed by atoms with van der Waals surface area (Å²) in [6.07, 6.45) is 0.458. The van der Waals surface area contributed by atoms with Crippen molar-refractivity contribution in [3.63, 3.8) is 0 Å². The zero-order valence-corrected chi connectivity index (χ0v) is 10.1. The average molecular weight is 275 g/mol. The van der Waals surface area contributed by atoms with Crippen molar-refractivity contribution in [2.45, 2.75) is 0 Å². The summed E-state index contributed by atoms with van der Waals surface area (Å²) in [5, 5.41) is 0.289. The molecule has 0 spiro atoms. The Labute approximate surface area is 111 Å². The van der Waals surface area contributed by atoms with Crippen LogP contribution in [0.15, 0.2) is 36.4 Å². The van der Waals surface area contributed by atoms with Gasteiger partial charge < -0.3 is 4.98 Å². The van der Waals surface area contributed by atoms with E-state index in [4.69, 9.17) is 0 Å². The molecule has 0 saturated heterocycles. The summed E-state index contributed by atoms with van der Waals surface area (Å²) in [6.45, 7) is 0. The van der Waals surface area contributed by atoms with Crippen molar-refractivity contribution in [3.05, 3.63) is 59.4 Å². The predicted molar refractivity (Wildman–Crippen MR) is 69.0 cm³/mol. The second kappa shape index (κ2) is 4.52. The second-order valence-electron chi connectivity index (χ2n) is 4.32. The lowest BCUT2D eigenvalue weighted by molar-refractivity contribution is 0.112. The van der Waals surface area contributed by atoms with Crippen LogP contribution in [0.1, 0.15) is 10.4 Å². The molecule has 0 atom stereocenters. The van der Waals surface area contributed by atoms with Gasteiger partial charge in [-0.25, -0.2) is 13.2 Å². The van der Waals surface area contributed by atoms with E-state index in [2.05, 4.69) is 4.98 Å². The van der Waals surface area contributed by atoms with Crippen LogP contribution < -0.4 is 0 Å². The van der Waals surface area contributed by atoms with Crippen LogP contribution in [-0.4, -0.2) is 11.3 Å². The lowest BCUT2D eigenvalue weighted by atomic mass is 10.1. The predicted octanol–water partition coefficient (Wildman–Crippen LogP) is 4.06. The number of H-pyrrole nitrogens is 1. The molecule has 3 aromatic rings. The van der Waals surface area contributed by atoms with Crippen LogP contribution in [0.4, 0.5) is 13.2 Å². The van der Waals surface area contributed by atoms with Crippen molar-refractivity contribution in [1.82, 2.24) is 4.98 Å². The minimum atomic E-state index is -0.792. The molecule has 1 N–H and O–H groups in total. The summed E-state index contributed by atoms with van der Waals surface area (Å²) in [6, 6.07) is 7.20. The van der Waals surface area contributed by atoms with Gasteiger partial charge in [-0.2, -0.15) is 0 Å². The van der Waals surface area contributed by atoms with E-state index >= 15 is 0 Å². The molecule has 3 rings (SSSR count). The molecule has 0 unspecified atom stereocenters. The Kier molecular flexibility index (Phi) is 2.82. The number of hydrogen-bond acceptors (Lipinski definition) is 1. The number of aromatic nitrogens is 1. The van der Waals surface area contributed by atoms with Gasteiger partial charge in [0.15, 0.2) is 6.29 Å². The van der Waals surface area contributed by atoms with Crippen LogP contribution in [0.5, 0.6) is 0 Å². The maximum atomic E-state index is 13.8. The average Bonchev–Trinajstić information content (AvgIpc) is 2.76. The molecule has 5 heteroatoms. The van der Waals surface area contributed by atoms with Crippen molar-refractivity contribution >= 4 is 17.2 Å². The molecule has 0 saturated carbocycles. The number of aromatic amines is 1. The van der Waals surface area contributed by atoms with E-state index in [1.165, 1.54) is 18.2 Å². The third-order valence-corrected chi connectivity index (χ3v) is 3.13. The first kappa shape index (κ1) is 12.5. The van der Waals surface area contributed by atoms with Crippen LogP contribution >= 0.6 is 0 Å². The van der Waals surface area contributed by atoms with E-state index in [0.717, 1.165) is 18.2 Å². The van der Waals surface area contributed by atoms with Gasteiger partial charge in [0.25, 0.3) is 0 Å². The van der Waals surface area contributed by atoms with Crippen molar-refractivity contribution < 1.29 is 18.0 Å². The topological polar surface area (TPSA) is 32.9 Å². The second-order valence-corrected chi connectivity index (χ2v) is 4.32. The largest absolute Gasteiger partial charge is 0.354 e. The SMILES string of the molecule is O=Cc1c(-c2c(F)cccc2F)[nH]c2ccc(F)cc12. The summed E-state index contributed by atoms with van der Waals surface area (Å²) in [5.41, 5.74) is 0.150. The van der Waals surface area contributed by atoms with E-state index in [1.807, 2.05) is 0 Å². The van der Waals surface area contributed by atoms with Gasteiger partial charge in [0, 0.05) is 16.5 Å². The van der Waals surface area contributed by atoms with E-state index in [9.17, 15) is 18.0 Å². The van der Waals surface area contributed by atoms with Gasteiger partial charge in [-0.15, -0.1) is 0 Å². The van der Waals surface area contributed by atoms with Crippen LogP contribution in [0.25, 0.3) is 22.2 Å². The highest BCUT2D eigenvalue weighted by Crippen LogP contribution is 2.32. The maximum Gasteiger partial charge on any atom is 0.152 e. The van der Waals surface area contributed by atoms with E-state index in [1.54, 1.807) is 0 Å². The minimum Gasteiger partial charge on any atom is -0.354 e. The van der Waals surface area contributed by atoms with E-state index in [0.29, 0.717) is 11.8 Å². The third kappa shape index (κ3) is 1.79. The lowest BCUT2D eigenvalue weighted by Crippen LogP contribution is -1.93. The molecule has 100 valence electrons. The standard InChI is InChI=1S/C15H8F3NO/c16-8-4-5-13-9(6-8)10(7-20)15(19-13)14-11(17)2-1-3-12(14)18/h1-7,19H. The summed E-state index contributed by atoms with van der Waals surface area (Å²) in [7, 11) is 0. The highest BCUT2D eigenvalue weighted by atomic mass is 19.1. The number of nitrogens with one attached hydrogen (secondary N) is 1. The summed E-state index contributed by atoms with van der Waals surface area (Å²) >= 11 is 0. The zero-order chi connectivity index (χ0) is 14.3. The number of rotatable bonds is 2. The van der Waals surface area contributed by atoms with Gasteiger partial charge in [-0.05, 0) is 30.3 Å². The molecule has 0 bridgehead atoms. The maximum absolute atomic E-state index is 13.8. The number of carbonyl (C=O) groups excluding carboxylic acids is 1. The first-order valence-corrected chi connectivity index (χ1v) is 5.82. The fourth-order valence-corrected chi connectivity index (χ4v) is 2.24. The molecule has 0 aliphatic heterocycles. The number of aldehydes is 1. The van der Waals surface area contributed by atoms with E-state index < -0.39 is 17.5 Å². The Balaban J connectivity index is 2.40. The number of fused-ring (bicyclic) bond motifs is 1. The smallest absolute Gasteiger partial charge is 0.152 e. The number of benzene rings is 2. The van der Waals surface area contributed by atoms with Crippen molar-refractivity contribution in [3.8, 4) is 11.3 Å². The molecule has 2 nitrogen and oxygen atoms in total. The Morgan fingerprint density at radius 3 is 2.35 bits per heavy atom. The number of hydrogen-bond donors (Lipinski definition) is 1. The van der Waals surface area contributed by atoms with E-state index in [-0.39, 0.29) is 22.2 Å². The fraction of sp³-hybridized carbons (Fsp3) is 0. The Hall–Kier alpha value is -2.56. The molecular formula is C15H8F3NO. The van der Waals surface area contributed by atoms with Crippen molar-refractivity contribution in [1.29, 1.82) is 0 Å². The van der Waals surface area contributed by atoms with Gasteiger partial charge in [0.05, 0.1) is 11.3 Å². The van der Waals surface area contributed by atoms with Gasteiger partial charge in [-0.1, -0.05) is 6.07 Å².